The Hall–Kier alpha value is -1.02. The van der Waals surface area contributed by atoms with Gasteiger partial charge in [-0.25, -0.2) is 0 Å². The molecule has 0 aliphatic rings. The Labute approximate surface area is 137 Å². The van der Waals surface area contributed by atoms with Crippen LogP contribution in [0, 0.1) is 0 Å². The second-order valence-corrected chi connectivity index (χ2v) is 6.80. The molecule has 0 fully saturated rings. The van der Waals surface area contributed by atoms with E-state index >= 15 is 0 Å². The quantitative estimate of drug-likeness (QED) is 0.535. The van der Waals surface area contributed by atoms with Crippen LogP contribution >= 0.6 is 0 Å². The fourth-order valence-corrected chi connectivity index (χ4v) is 2.91. The van der Waals surface area contributed by atoms with Crippen LogP contribution < -0.4 is 4.74 Å². The highest BCUT2D eigenvalue weighted by Gasteiger charge is 2.30. The highest BCUT2D eigenvalue weighted by Crippen LogP contribution is 2.41. The Kier molecular flexibility index (Phi) is 6.93. The zero-order chi connectivity index (χ0) is 16.8. The van der Waals surface area contributed by atoms with Gasteiger partial charge in [-0.3, -0.25) is 0 Å². The van der Waals surface area contributed by atoms with Crippen LogP contribution in [0.15, 0.2) is 18.2 Å². The molecule has 2 nitrogen and oxygen atoms in total. The smallest absolute Gasteiger partial charge is 0.188 e. The first-order valence-electron chi connectivity index (χ1n) is 8.67. The van der Waals surface area contributed by atoms with E-state index in [1.54, 1.807) is 7.11 Å². The number of benzene rings is 1. The molecule has 0 aliphatic carbocycles. The largest absolute Gasteiger partial charge is 0.467 e. The molecule has 0 atom stereocenters. The second-order valence-electron chi connectivity index (χ2n) is 6.80. The average Bonchev–Trinajstić information content (AvgIpc) is 2.58. The molecule has 0 N–H and O–H groups in total. The minimum atomic E-state index is 0.140. The average molecular weight is 306 g/mol. The van der Waals surface area contributed by atoms with Gasteiger partial charge < -0.3 is 9.47 Å². The Morgan fingerprint density at radius 1 is 0.864 bits per heavy atom. The Morgan fingerprint density at radius 3 is 1.86 bits per heavy atom. The van der Waals surface area contributed by atoms with Gasteiger partial charge in [0.15, 0.2) is 6.79 Å². The normalized spacial score (nSPS) is 12.5. The number of methoxy groups -OCH3 is 1. The molecule has 1 aromatic rings. The van der Waals surface area contributed by atoms with E-state index in [9.17, 15) is 0 Å². The van der Waals surface area contributed by atoms with E-state index in [1.165, 1.54) is 11.1 Å². The van der Waals surface area contributed by atoms with Crippen molar-refractivity contribution in [3.63, 3.8) is 0 Å². The van der Waals surface area contributed by atoms with Gasteiger partial charge in [-0.15, -0.1) is 0 Å². The molecule has 22 heavy (non-hydrogen) atoms. The fourth-order valence-electron chi connectivity index (χ4n) is 2.91. The topological polar surface area (TPSA) is 18.5 Å². The van der Waals surface area contributed by atoms with E-state index in [0.717, 1.165) is 31.4 Å². The van der Waals surface area contributed by atoms with Crippen LogP contribution in [0.5, 0.6) is 5.75 Å². The van der Waals surface area contributed by atoms with Crippen LogP contribution in [0.4, 0.5) is 0 Å². The minimum Gasteiger partial charge on any atom is -0.467 e. The maximum Gasteiger partial charge on any atom is 0.188 e. The molecular weight excluding hydrogens is 272 g/mol. The summed E-state index contributed by atoms with van der Waals surface area (Å²) in [6, 6.07) is 6.75. The van der Waals surface area contributed by atoms with Crippen molar-refractivity contribution in [2.75, 3.05) is 13.9 Å². The van der Waals surface area contributed by atoms with Crippen molar-refractivity contribution in [2.45, 2.75) is 78.1 Å². The monoisotopic (exact) mass is 306 g/mol. The standard InChI is InChI=1S/C20H34O2/c1-8-19(5,9-2)16-12-13-18(22-15-21-7)17(14-16)20(6,10-3)11-4/h12-14H,8-11,15H2,1-7H3. The molecule has 0 saturated carbocycles. The van der Waals surface area contributed by atoms with Crippen molar-refractivity contribution >= 4 is 0 Å². The molecule has 0 unspecified atom stereocenters. The molecule has 126 valence electrons. The summed E-state index contributed by atoms with van der Waals surface area (Å²) in [7, 11) is 1.66. The summed E-state index contributed by atoms with van der Waals surface area (Å²) in [5, 5.41) is 0. The van der Waals surface area contributed by atoms with Gasteiger partial charge in [-0.1, -0.05) is 53.7 Å². The molecule has 0 aliphatic heterocycles. The van der Waals surface area contributed by atoms with Crippen molar-refractivity contribution in [2.24, 2.45) is 0 Å². The van der Waals surface area contributed by atoms with Crippen molar-refractivity contribution in [1.29, 1.82) is 0 Å². The Balaban J connectivity index is 3.39. The molecule has 0 amide bonds. The van der Waals surface area contributed by atoms with Gasteiger partial charge >= 0.3 is 0 Å². The predicted octanol–water partition coefficient (Wildman–Crippen LogP) is 5.82. The highest BCUT2D eigenvalue weighted by molar-refractivity contribution is 5.44. The maximum atomic E-state index is 5.85. The lowest BCUT2D eigenvalue weighted by Gasteiger charge is -2.33. The van der Waals surface area contributed by atoms with Gasteiger partial charge in [-0.2, -0.15) is 0 Å². The van der Waals surface area contributed by atoms with Gasteiger partial charge in [0.2, 0.25) is 0 Å². The van der Waals surface area contributed by atoms with E-state index in [1.807, 2.05) is 0 Å². The molecule has 1 aromatic carbocycles. The highest BCUT2D eigenvalue weighted by atomic mass is 16.7. The van der Waals surface area contributed by atoms with Crippen molar-refractivity contribution < 1.29 is 9.47 Å². The molecule has 0 radical (unpaired) electrons. The van der Waals surface area contributed by atoms with Gasteiger partial charge in [0.25, 0.3) is 0 Å². The van der Waals surface area contributed by atoms with Gasteiger partial charge in [0.05, 0.1) is 0 Å². The van der Waals surface area contributed by atoms with Crippen LogP contribution in [-0.4, -0.2) is 13.9 Å². The number of hydrogen-bond acceptors (Lipinski definition) is 2. The van der Waals surface area contributed by atoms with E-state index in [0.29, 0.717) is 6.79 Å². The summed E-state index contributed by atoms with van der Waals surface area (Å²) in [6.45, 7) is 14.1. The maximum absolute atomic E-state index is 5.85. The molecule has 0 spiro atoms. The summed E-state index contributed by atoms with van der Waals surface area (Å²) in [5.74, 6) is 0.964. The van der Waals surface area contributed by atoms with Crippen molar-refractivity contribution in [1.82, 2.24) is 0 Å². The molecule has 2 heteroatoms. The lowest BCUT2D eigenvalue weighted by molar-refractivity contribution is 0.0494. The number of hydrogen-bond donors (Lipinski definition) is 0. The summed E-state index contributed by atoms with van der Waals surface area (Å²) >= 11 is 0. The lowest BCUT2D eigenvalue weighted by Crippen LogP contribution is -2.24. The molecule has 1 rings (SSSR count). The third kappa shape index (κ3) is 3.84. The third-order valence-corrected chi connectivity index (χ3v) is 5.78. The fraction of sp³-hybridized carbons (Fsp3) is 0.700. The Morgan fingerprint density at radius 2 is 1.41 bits per heavy atom. The zero-order valence-corrected chi connectivity index (χ0v) is 15.6. The first kappa shape index (κ1) is 19.0. The predicted molar refractivity (Wildman–Crippen MR) is 94.8 cm³/mol. The Bertz CT molecular complexity index is 457. The van der Waals surface area contributed by atoms with Crippen LogP contribution in [0.25, 0.3) is 0 Å². The number of rotatable bonds is 9. The summed E-state index contributed by atoms with van der Waals surface area (Å²) in [4.78, 5) is 0. The minimum absolute atomic E-state index is 0.140. The van der Waals surface area contributed by atoms with Crippen LogP contribution in [-0.2, 0) is 15.6 Å². The molecular formula is C20H34O2. The first-order chi connectivity index (χ1) is 10.4. The van der Waals surface area contributed by atoms with E-state index in [2.05, 4.69) is 59.7 Å². The van der Waals surface area contributed by atoms with Crippen LogP contribution in [0.3, 0.4) is 0 Å². The third-order valence-electron chi connectivity index (χ3n) is 5.78. The first-order valence-corrected chi connectivity index (χ1v) is 8.67. The molecule has 0 bridgehead atoms. The van der Waals surface area contributed by atoms with E-state index < -0.39 is 0 Å². The summed E-state index contributed by atoms with van der Waals surface area (Å²) in [5.41, 5.74) is 3.11. The lowest BCUT2D eigenvalue weighted by atomic mass is 9.72. The van der Waals surface area contributed by atoms with Crippen molar-refractivity contribution in [3.05, 3.63) is 29.3 Å². The SMILES string of the molecule is CCC(C)(CC)c1ccc(OCOC)c(C(C)(CC)CC)c1. The molecule has 0 saturated heterocycles. The van der Waals surface area contributed by atoms with E-state index in [-0.39, 0.29) is 10.8 Å². The second kappa shape index (κ2) is 8.01. The van der Waals surface area contributed by atoms with Gasteiger partial charge in [0.1, 0.15) is 5.75 Å². The zero-order valence-electron chi connectivity index (χ0n) is 15.6. The van der Waals surface area contributed by atoms with Gasteiger partial charge in [0, 0.05) is 12.7 Å². The van der Waals surface area contributed by atoms with Crippen molar-refractivity contribution in [3.8, 4) is 5.75 Å². The summed E-state index contributed by atoms with van der Waals surface area (Å²) in [6.07, 6.45) is 4.50. The number of ether oxygens (including phenoxy) is 2. The van der Waals surface area contributed by atoms with Crippen LogP contribution in [0.2, 0.25) is 0 Å². The van der Waals surface area contributed by atoms with E-state index in [4.69, 9.17) is 9.47 Å². The molecule has 0 heterocycles. The molecule has 0 aromatic heterocycles. The van der Waals surface area contributed by atoms with Gasteiger partial charge in [-0.05, 0) is 48.1 Å². The van der Waals surface area contributed by atoms with Crippen LogP contribution in [0.1, 0.15) is 78.4 Å². The summed E-state index contributed by atoms with van der Waals surface area (Å²) < 4.78 is 10.9.